The maximum Gasteiger partial charge on any atom is 0.322 e. The molecule has 0 saturated carbocycles. The number of carbonyl (C=O) groups excluding carboxylic acids is 1. The highest BCUT2D eigenvalue weighted by molar-refractivity contribution is 7.17. The van der Waals surface area contributed by atoms with Crippen molar-refractivity contribution in [3.8, 4) is 11.4 Å². The Bertz CT molecular complexity index is 1220. The van der Waals surface area contributed by atoms with Gasteiger partial charge >= 0.3 is 6.03 Å². The van der Waals surface area contributed by atoms with Gasteiger partial charge in [-0.25, -0.2) is 13.7 Å². The number of anilines is 1. The monoisotopic (exact) mass is 427 g/mol. The molecule has 0 spiro atoms. The van der Waals surface area contributed by atoms with Gasteiger partial charge in [0.05, 0.1) is 22.9 Å². The van der Waals surface area contributed by atoms with E-state index >= 15 is 0 Å². The fourth-order valence-electron chi connectivity index (χ4n) is 3.34. The molecule has 9 heteroatoms. The minimum Gasteiger partial charge on any atom is -0.319 e. The van der Waals surface area contributed by atoms with Crippen LogP contribution < -0.4 is 5.32 Å². The van der Waals surface area contributed by atoms with E-state index in [1.54, 1.807) is 29.2 Å². The molecule has 6 nitrogen and oxygen atoms in total. The number of hydrogen-bond donors (Lipinski definition) is 1. The van der Waals surface area contributed by atoms with Gasteiger partial charge in [0, 0.05) is 23.4 Å². The highest BCUT2D eigenvalue weighted by Gasteiger charge is 2.26. The third-order valence-corrected chi connectivity index (χ3v) is 6.22. The first-order chi connectivity index (χ1) is 14.1. The third-order valence-electron chi connectivity index (χ3n) is 4.83. The first-order valence-electron chi connectivity index (χ1n) is 9.02. The third kappa shape index (κ3) is 3.34. The summed E-state index contributed by atoms with van der Waals surface area (Å²) < 4.78 is 15.0. The predicted octanol–water partition coefficient (Wildman–Crippen LogP) is 4.84. The van der Waals surface area contributed by atoms with E-state index in [9.17, 15) is 9.18 Å². The molecule has 0 aliphatic carbocycles. The van der Waals surface area contributed by atoms with Crippen molar-refractivity contribution in [2.75, 3.05) is 11.9 Å². The van der Waals surface area contributed by atoms with Crippen LogP contribution in [-0.2, 0) is 13.0 Å². The lowest BCUT2D eigenvalue weighted by atomic mass is 10.2. The van der Waals surface area contributed by atoms with Gasteiger partial charge in [0.25, 0.3) is 0 Å². The molecule has 1 N–H and O–H groups in total. The second-order valence-electron chi connectivity index (χ2n) is 6.69. The zero-order valence-electron chi connectivity index (χ0n) is 15.1. The van der Waals surface area contributed by atoms with Gasteiger partial charge in [0.2, 0.25) is 4.96 Å². The Morgan fingerprint density at radius 3 is 2.76 bits per heavy atom. The summed E-state index contributed by atoms with van der Waals surface area (Å²) in [6.45, 7) is 1.06. The fourth-order valence-corrected chi connectivity index (χ4v) is 4.64. The minimum atomic E-state index is -0.290. The molecular weight excluding hydrogens is 413 g/mol. The number of hydrogen-bond acceptors (Lipinski definition) is 4. The van der Waals surface area contributed by atoms with Crippen LogP contribution in [0.15, 0.2) is 48.5 Å². The van der Waals surface area contributed by atoms with E-state index in [0.29, 0.717) is 36.0 Å². The number of thiazole rings is 1. The molecule has 0 radical (unpaired) electrons. The molecule has 146 valence electrons. The largest absolute Gasteiger partial charge is 0.322 e. The summed E-state index contributed by atoms with van der Waals surface area (Å²) in [4.78, 5) is 20.8. The highest BCUT2D eigenvalue weighted by Crippen LogP contribution is 2.30. The Balaban J connectivity index is 1.37. The van der Waals surface area contributed by atoms with E-state index in [1.807, 2.05) is 16.6 Å². The molecular formula is C20H15ClFN5OS. The number of halogens is 2. The normalized spacial score (nSPS) is 13.5. The van der Waals surface area contributed by atoms with E-state index in [0.717, 1.165) is 21.1 Å². The van der Waals surface area contributed by atoms with Crippen LogP contribution >= 0.6 is 22.9 Å². The van der Waals surface area contributed by atoms with E-state index in [1.165, 1.54) is 23.5 Å². The second kappa shape index (κ2) is 7.13. The summed E-state index contributed by atoms with van der Waals surface area (Å²) in [7, 11) is 0. The first kappa shape index (κ1) is 18.1. The molecule has 2 aromatic heterocycles. The summed E-state index contributed by atoms with van der Waals surface area (Å²) in [5.74, 6) is 0.278. The van der Waals surface area contributed by atoms with Gasteiger partial charge in [0.15, 0.2) is 5.82 Å². The highest BCUT2D eigenvalue weighted by atomic mass is 35.5. The number of urea groups is 1. The molecule has 0 fully saturated rings. The van der Waals surface area contributed by atoms with Crippen molar-refractivity contribution in [1.82, 2.24) is 19.5 Å². The van der Waals surface area contributed by atoms with Crippen LogP contribution in [0.4, 0.5) is 14.9 Å². The van der Waals surface area contributed by atoms with Crippen LogP contribution in [-0.4, -0.2) is 32.1 Å². The number of carbonyl (C=O) groups is 1. The smallest absolute Gasteiger partial charge is 0.319 e. The zero-order chi connectivity index (χ0) is 20.0. The molecule has 0 bridgehead atoms. The summed E-state index contributed by atoms with van der Waals surface area (Å²) >= 11 is 7.65. The molecule has 3 heterocycles. The Kier molecular flexibility index (Phi) is 4.44. The van der Waals surface area contributed by atoms with E-state index in [2.05, 4.69) is 15.4 Å². The number of para-hydroxylation sites is 1. The van der Waals surface area contributed by atoms with Gasteiger partial charge in [-0.2, -0.15) is 4.98 Å². The predicted molar refractivity (Wildman–Crippen MR) is 111 cm³/mol. The quantitative estimate of drug-likeness (QED) is 0.498. The number of fused-ring (bicyclic) bond motifs is 3. The fraction of sp³-hybridized carbons (Fsp3) is 0.150. The maximum atomic E-state index is 13.1. The van der Waals surface area contributed by atoms with Gasteiger partial charge in [-0.15, -0.1) is 5.10 Å². The van der Waals surface area contributed by atoms with Crippen molar-refractivity contribution in [3.05, 3.63) is 69.9 Å². The average Bonchev–Trinajstić information content (AvgIpc) is 3.27. The molecule has 2 amide bonds. The van der Waals surface area contributed by atoms with Crippen LogP contribution in [0.2, 0.25) is 5.02 Å². The van der Waals surface area contributed by atoms with Crippen molar-refractivity contribution in [2.24, 2.45) is 0 Å². The van der Waals surface area contributed by atoms with E-state index in [4.69, 9.17) is 11.6 Å². The zero-order valence-corrected chi connectivity index (χ0v) is 16.7. The Hall–Kier alpha value is -2.97. The molecule has 29 heavy (non-hydrogen) atoms. The number of nitrogens with one attached hydrogen (secondary N) is 1. The molecule has 0 atom stereocenters. The number of nitrogens with zero attached hydrogens (tertiary/aromatic N) is 4. The molecule has 0 saturated heterocycles. The van der Waals surface area contributed by atoms with E-state index < -0.39 is 0 Å². The van der Waals surface area contributed by atoms with Crippen LogP contribution in [0.5, 0.6) is 0 Å². The summed E-state index contributed by atoms with van der Waals surface area (Å²) in [5.41, 5.74) is 2.43. The van der Waals surface area contributed by atoms with Gasteiger partial charge in [-0.1, -0.05) is 35.1 Å². The van der Waals surface area contributed by atoms with Crippen LogP contribution in [0.1, 0.15) is 10.6 Å². The molecule has 4 aromatic rings. The van der Waals surface area contributed by atoms with Gasteiger partial charge < -0.3 is 10.2 Å². The number of amides is 2. The van der Waals surface area contributed by atoms with Crippen LogP contribution in [0, 0.1) is 5.82 Å². The number of aromatic nitrogens is 3. The van der Waals surface area contributed by atoms with Crippen molar-refractivity contribution in [1.29, 1.82) is 0 Å². The Morgan fingerprint density at radius 1 is 1.17 bits per heavy atom. The summed E-state index contributed by atoms with van der Waals surface area (Å²) in [6.07, 6.45) is 0.678. The lowest BCUT2D eigenvalue weighted by Gasteiger charge is -2.26. The van der Waals surface area contributed by atoms with Crippen molar-refractivity contribution in [3.63, 3.8) is 0 Å². The standard InChI is InChI=1S/C20H15ClFN5OS/c21-14-3-1-2-4-15(14)23-19(28)26-10-9-16-17(11-26)29-20-24-18(25-27(16)20)12-5-7-13(22)8-6-12/h1-8H,9-11H2,(H,23,28). The van der Waals surface area contributed by atoms with Crippen LogP contribution in [0.25, 0.3) is 16.3 Å². The average molecular weight is 428 g/mol. The molecule has 2 aromatic carbocycles. The second-order valence-corrected chi connectivity index (χ2v) is 8.16. The Labute approximate surface area is 174 Å². The molecule has 1 aliphatic heterocycles. The van der Waals surface area contributed by atoms with Gasteiger partial charge in [-0.3, -0.25) is 0 Å². The number of benzene rings is 2. The lowest BCUT2D eigenvalue weighted by Crippen LogP contribution is -2.38. The summed E-state index contributed by atoms with van der Waals surface area (Å²) in [6, 6.07) is 13.1. The van der Waals surface area contributed by atoms with Gasteiger partial charge in [0.1, 0.15) is 5.82 Å². The van der Waals surface area contributed by atoms with Gasteiger partial charge in [-0.05, 0) is 36.4 Å². The van der Waals surface area contributed by atoms with E-state index in [-0.39, 0.29) is 11.8 Å². The van der Waals surface area contributed by atoms with Crippen molar-refractivity contribution < 1.29 is 9.18 Å². The maximum absolute atomic E-state index is 13.1. The summed E-state index contributed by atoms with van der Waals surface area (Å²) in [5, 5.41) is 7.96. The number of rotatable bonds is 2. The topological polar surface area (TPSA) is 62.5 Å². The Morgan fingerprint density at radius 2 is 1.97 bits per heavy atom. The molecule has 0 unspecified atom stereocenters. The SMILES string of the molecule is O=C(Nc1ccccc1Cl)N1CCc2c(sc3nc(-c4ccc(F)cc4)nn23)C1. The lowest BCUT2D eigenvalue weighted by molar-refractivity contribution is 0.206. The van der Waals surface area contributed by atoms with Crippen LogP contribution in [0.3, 0.4) is 0 Å². The molecule has 5 rings (SSSR count). The first-order valence-corrected chi connectivity index (χ1v) is 10.2. The van der Waals surface area contributed by atoms with Crippen molar-refractivity contribution in [2.45, 2.75) is 13.0 Å². The molecule has 1 aliphatic rings. The minimum absolute atomic E-state index is 0.185. The van der Waals surface area contributed by atoms with Crippen molar-refractivity contribution >= 4 is 39.6 Å².